The molecule has 4 rings (SSSR count). The second kappa shape index (κ2) is 8.92. The lowest BCUT2D eigenvalue weighted by Gasteiger charge is -2.43. The topological polar surface area (TPSA) is 54.5 Å². The van der Waals surface area contributed by atoms with Gasteiger partial charge in [-0.05, 0) is 67.0 Å². The molecular weight excluding hydrogens is 546 g/mol. The van der Waals surface area contributed by atoms with Crippen molar-refractivity contribution in [1.29, 1.82) is 0 Å². The number of fused-ring (bicyclic) bond motifs is 3. The molecule has 0 spiro atoms. The van der Waals surface area contributed by atoms with E-state index in [1.165, 1.54) is 0 Å². The summed E-state index contributed by atoms with van der Waals surface area (Å²) in [6.45, 7) is -6.99. The number of halogens is 8. The summed E-state index contributed by atoms with van der Waals surface area (Å²) in [4.78, 5) is 12.6. The number of carbonyl (C=O) groups excluding carboxylic acids is 1. The third kappa shape index (κ3) is 3.91. The summed E-state index contributed by atoms with van der Waals surface area (Å²) in [6.07, 6.45) is -14.8. The van der Waals surface area contributed by atoms with Crippen molar-refractivity contribution in [2.45, 2.75) is 53.3 Å². The van der Waals surface area contributed by atoms with Crippen LogP contribution in [0.1, 0.15) is 44.2 Å². The van der Waals surface area contributed by atoms with E-state index in [1.807, 2.05) is 0 Å². The van der Waals surface area contributed by atoms with Crippen LogP contribution < -0.4 is 0 Å². The third-order valence-corrected chi connectivity index (χ3v) is 10.1. The van der Waals surface area contributed by atoms with Crippen LogP contribution in [0.5, 0.6) is 0 Å². The van der Waals surface area contributed by atoms with Gasteiger partial charge in [-0.2, -0.15) is 26.3 Å². The zero-order chi connectivity index (χ0) is 33.5. The number of hydrogen-bond acceptors (Lipinski definition) is 3. The van der Waals surface area contributed by atoms with Crippen molar-refractivity contribution in [2.24, 2.45) is 11.8 Å². The van der Waals surface area contributed by atoms with Crippen LogP contribution in [0.25, 0.3) is 0 Å². The van der Waals surface area contributed by atoms with Gasteiger partial charge in [0.25, 0.3) is 0 Å². The van der Waals surface area contributed by atoms with Gasteiger partial charge in [0.2, 0.25) is 5.91 Å². The Morgan fingerprint density at radius 1 is 0.974 bits per heavy atom. The highest BCUT2D eigenvalue weighted by Crippen LogP contribution is 2.60. The maximum atomic E-state index is 14.9. The van der Waals surface area contributed by atoms with Crippen LogP contribution in [0, 0.1) is 17.7 Å². The van der Waals surface area contributed by atoms with Gasteiger partial charge >= 0.3 is 18.0 Å². The summed E-state index contributed by atoms with van der Waals surface area (Å²) in [6, 6.07) is 4.27. The molecule has 2 aliphatic carbocycles. The minimum Gasteiger partial charge on any atom is -0.349 e. The van der Waals surface area contributed by atoms with E-state index < -0.39 is 112 Å². The number of aryl methyl sites for hydroxylation is 1. The van der Waals surface area contributed by atoms with Crippen LogP contribution in [0.3, 0.4) is 0 Å². The van der Waals surface area contributed by atoms with Crippen molar-refractivity contribution in [3.63, 3.8) is 0 Å². The summed E-state index contributed by atoms with van der Waals surface area (Å²) in [5.74, 6) is -5.31. The molecule has 1 saturated carbocycles. The fourth-order valence-electron chi connectivity index (χ4n) is 5.84. The molecule has 2 aromatic carbocycles. The summed E-state index contributed by atoms with van der Waals surface area (Å²) in [5.41, 5.74) is -8.44. The fourth-order valence-corrected chi connectivity index (χ4v) is 8.31. The first-order valence-electron chi connectivity index (χ1n) is 14.1. The molecule has 0 unspecified atom stereocenters. The quantitative estimate of drug-likeness (QED) is 0.340. The summed E-state index contributed by atoms with van der Waals surface area (Å²) >= 11 is 0. The number of amides is 1. The Morgan fingerprint density at radius 2 is 1.58 bits per heavy atom. The van der Waals surface area contributed by atoms with Gasteiger partial charge in [0.15, 0.2) is 9.84 Å². The first-order chi connectivity index (χ1) is 19.8. The smallest absolute Gasteiger partial charge is 0.349 e. The van der Waals surface area contributed by atoms with E-state index in [-0.39, 0.29) is 22.6 Å². The Balaban J connectivity index is 1.97. The Morgan fingerprint density at radius 3 is 2.13 bits per heavy atom. The number of alkyl halides is 7. The van der Waals surface area contributed by atoms with Gasteiger partial charge in [-0.15, -0.1) is 0 Å². The number of hydrogen-bond donors (Lipinski definition) is 0. The van der Waals surface area contributed by atoms with Crippen molar-refractivity contribution in [2.75, 3.05) is 14.0 Å². The van der Waals surface area contributed by atoms with Gasteiger partial charge in [-0.3, -0.25) is 4.79 Å². The minimum absolute atomic E-state index is 0.149. The SMILES string of the molecule is [2H]C([2H])([2H])N(C(=O)[C@@H]1CC[C@@]2(S(=O)(=O)c3ccc(F)cc3)c3ccc(C(F)(C(F)(F)F)C(F)(F)F)cc3CC[C@@H]12)C([2H])([2H])[2H]. The Labute approximate surface area is 222 Å². The van der Waals surface area contributed by atoms with Crippen LogP contribution in [-0.4, -0.2) is 45.5 Å². The third-order valence-electron chi connectivity index (χ3n) is 7.52. The molecule has 2 aliphatic rings. The summed E-state index contributed by atoms with van der Waals surface area (Å²) < 4.78 is 182. The summed E-state index contributed by atoms with van der Waals surface area (Å²) in [7, 11) is -4.82. The number of carbonyl (C=O) groups is 1. The molecule has 3 atom stereocenters. The molecule has 1 amide bonds. The lowest BCUT2D eigenvalue weighted by molar-refractivity contribution is -0.348. The molecule has 0 aliphatic heterocycles. The van der Waals surface area contributed by atoms with Crippen LogP contribution in [0.2, 0.25) is 0 Å². The molecule has 1 fully saturated rings. The van der Waals surface area contributed by atoms with Gasteiger partial charge in [-0.25, -0.2) is 17.2 Å². The average Bonchev–Trinajstić information content (AvgIpc) is 3.27. The van der Waals surface area contributed by atoms with Crippen molar-refractivity contribution >= 4 is 15.7 Å². The van der Waals surface area contributed by atoms with Gasteiger partial charge in [-0.1, -0.05) is 18.2 Å². The maximum absolute atomic E-state index is 14.9. The molecule has 13 heteroatoms. The van der Waals surface area contributed by atoms with E-state index in [2.05, 4.69) is 0 Å². The molecule has 4 nitrogen and oxygen atoms in total. The van der Waals surface area contributed by atoms with E-state index >= 15 is 0 Å². The number of benzene rings is 2. The van der Waals surface area contributed by atoms with Crippen LogP contribution in [-0.2, 0) is 31.5 Å². The standard InChI is InChI=1S/C25H23F8NO3S/c1-34(2)21(35)18-11-12-22(38(36,37)17-7-5-16(26)6-8-17)19-10-4-15(13-14(19)3-9-20(18)22)23(27,24(28,29)30)25(31,32)33/h4-8,10,13,18,20H,3,9,11-12H2,1-2H3/t18-,20+,22-/m1/s1/i1D3,2D3. The monoisotopic (exact) mass is 575 g/mol. The second-order valence-electron chi connectivity index (χ2n) is 9.34. The van der Waals surface area contributed by atoms with E-state index in [0.717, 1.165) is 24.3 Å². The van der Waals surface area contributed by atoms with Gasteiger partial charge in [0, 0.05) is 33.7 Å². The van der Waals surface area contributed by atoms with Crippen molar-refractivity contribution < 1.29 is 56.6 Å². The highest BCUT2D eigenvalue weighted by atomic mass is 32.2. The molecule has 0 saturated heterocycles. The highest BCUT2D eigenvalue weighted by Gasteiger charge is 2.73. The number of sulfone groups is 1. The molecule has 2 aromatic rings. The van der Waals surface area contributed by atoms with Gasteiger partial charge < -0.3 is 4.90 Å². The van der Waals surface area contributed by atoms with Gasteiger partial charge in [0.1, 0.15) is 10.6 Å². The fraction of sp³-hybridized carbons (Fsp3) is 0.480. The van der Waals surface area contributed by atoms with E-state index in [0.29, 0.717) is 6.07 Å². The average molecular weight is 576 g/mol. The predicted molar refractivity (Wildman–Crippen MR) is 120 cm³/mol. The molecule has 0 radical (unpaired) electrons. The molecule has 0 heterocycles. The highest BCUT2D eigenvalue weighted by molar-refractivity contribution is 7.92. The first kappa shape index (κ1) is 21.2. The van der Waals surface area contributed by atoms with Crippen molar-refractivity contribution in [3.05, 3.63) is 65.0 Å². The lowest BCUT2D eigenvalue weighted by atomic mass is 9.72. The molecule has 0 N–H and O–H groups in total. The molecule has 208 valence electrons. The van der Waals surface area contributed by atoms with E-state index in [9.17, 15) is 48.3 Å². The molecule has 38 heavy (non-hydrogen) atoms. The lowest BCUT2D eigenvalue weighted by Crippen LogP contribution is -2.51. The number of rotatable bonds is 4. The molecule has 0 aromatic heterocycles. The molecule has 0 bridgehead atoms. The zero-order valence-electron chi connectivity index (χ0n) is 25.1. The summed E-state index contributed by atoms with van der Waals surface area (Å²) in [5, 5.41) is 0. The van der Waals surface area contributed by atoms with E-state index in [1.54, 1.807) is 0 Å². The first-order valence-corrected chi connectivity index (χ1v) is 12.6. The van der Waals surface area contributed by atoms with Crippen molar-refractivity contribution in [3.8, 4) is 0 Å². The minimum atomic E-state index is -6.45. The maximum Gasteiger partial charge on any atom is 0.435 e. The van der Waals surface area contributed by atoms with Crippen LogP contribution in [0.4, 0.5) is 35.1 Å². The van der Waals surface area contributed by atoms with Crippen molar-refractivity contribution in [1.82, 2.24) is 4.90 Å². The zero-order valence-corrected chi connectivity index (χ0v) is 19.9. The van der Waals surface area contributed by atoms with Crippen LogP contribution >= 0.6 is 0 Å². The molecular formula is C25H23F8NO3S. The number of nitrogens with zero attached hydrogens (tertiary/aromatic N) is 1. The predicted octanol–water partition coefficient (Wildman–Crippen LogP) is 5.84. The Hall–Kier alpha value is -2.70. The van der Waals surface area contributed by atoms with Gasteiger partial charge in [0.05, 0.1) is 4.90 Å². The van der Waals surface area contributed by atoms with E-state index in [4.69, 9.17) is 8.22 Å². The normalized spacial score (nSPS) is 27.1. The Kier molecular flexibility index (Phi) is 4.97. The van der Waals surface area contributed by atoms with Crippen LogP contribution in [0.15, 0.2) is 47.4 Å². The second-order valence-corrected chi connectivity index (χ2v) is 11.5. The largest absolute Gasteiger partial charge is 0.435 e. The Bertz CT molecular complexity index is 1530.